The SMILES string of the molecule is CC.Cc1ccc(Cn2c(Nc3ccc(C#N)cc3)nc3cc4c(C)c(C(N)=O)c(=O)oc4cc32)cc1. The number of rotatable bonds is 5. The molecule has 5 aromatic rings. The predicted molar refractivity (Wildman–Crippen MR) is 145 cm³/mol. The number of hydrogen-bond acceptors (Lipinski definition) is 6. The van der Waals surface area contributed by atoms with E-state index >= 15 is 0 Å². The number of nitrogens with zero attached hydrogens (tertiary/aromatic N) is 3. The van der Waals surface area contributed by atoms with E-state index in [1.54, 1.807) is 31.2 Å². The fourth-order valence-electron chi connectivity index (χ4n) is 4.14. The van der Waals surface area contributed by atoms with Crippen molar-refractivity contribution in [1.29, 1.82) is 5.26 Å². The first-order valence-electron chi connectivity index (χ1n) is 11.9. The summed E-state index contributed by atoms with van der Waals surface area (Å²) in [6, 6.07) is 20.9. The molecule has 5 rings (SSSR count). The molecule has 0 aliphatic heterocycles. The lowest BCUT2D eigenvalue weighted by atomic mass is 10.0. The van der Waals surface area contributed by atoms with E-state index in [4.69, 9.17) is 20.4 Å². The number of primary amides is 1. The Balaban J connectivity index is 0.00000156. The van der Waals surface area contributed by atoms with Gasteiger partial charge in [-0.1, -0.05) is 43.7 Å². The van der Waals surface area contributed by atoms with Crippen molar-refractivity contribution >= 4 is 39.5 Å². The molecule has 2 heterocycles. The molecule has 0 radical (unpaired) electrons. The van der Waals surface area contributed by atoms with E-state index < -0.39 is 11.5 Å². The van der Waals surface area contributed by atoms with Crippen molar-refractivity contribution in [2.24, 2.45) is 5.73 Å². The number of carbonyl (C=O) groups is 1. The molecule has 0 saturated carbocycles. The molecule has 8 heteroatoms. The molecule has 0 saturated heterocycles. The molecule has 186 valence electrons. The molecule has 0 spiro atoms. The second kappa shape index (κ2) is 10.4. The number of nitrogens with one attached hydrogen (secondary N) is 1. The van der Waals surface area contributed by atoms with E-state index in [0.717, 1.165) is 22.3 Å². The van der Waals surface area contributed by atoms with Crippen molar-refractivity contribution in [3.63, 3.8) is 0 Å². The third-order valence-corrected chi connectivity index (χ3v) is 6.01. The Bertz CT molecular complexity index is 1710. The average molecular weight is 494 g/mol. The van der Waals surface area contributed by atoms with Crippen LogP contribution < -0.4 is 16.7 Å². The van der Waals surface area contributed by atoms with Crippen molar-refractivity contribution in [3.8, 4) is 6.07 Å². The normalized spacial score (nSPS) is 10.6. The van der Waals surface area contributed by atoms with Crippen LogP contribution in [-0.4, -0.2) is 15.5 Å². The summed E-state index contributed by atoms with van der Waals surface area (Å²) in [5, 5.41) is 13.0. The van der Waals surface area contributed by atoms with Crippen LogP contribution in [0.4, 0.5) is 11.6 Å². The lowest BCUT2D eigenvalue weighted by molar-refractivity contribution is 0.0996. The van der Waals surface area contributed by atoms with Crippen LogP contribution in [0.2, 0.25) is 0 Å². The van der Waals surface area contributed by atoms with Gasteiger partial charge >= 0.3 is 5.63 Å². The maximum atomic E-state index is 12.4. The smallest absolute Gasteiger partial charge is 0.349 e. The van der Waals surface area contributed by atoms with Crippen LogP contribution in [0.1, 0.15) is 46.5 Å². The number of hydrogen-bond donors (Lipinski definition) is 2. The van der Waals surface area contributed by atoms with Gasteiger partial charge in [0.25, 0.3) is 5.91 Å². The van der Waals surface area contributed by atoms with Crippen molar-refractivity contribution in [2.45, 2.75) is 34.2 Å². The van der Waals surface area contributed by atoms with Gasteiger partial charge in [-0.3, -0.25) is 4.79 Å². The zero-order valence-electron chi connectivity index (χ0n) is 21.1. The summed E-state index contributed by atoms with van der Waals surface area (Å²) in [7, 11) is 0. The van der Waals surface area contributed by atoms with E-state index in [9.17, 15) is 9.59 Å². The molecule has 3 aromatic carbocycles. The third kappa shape index (κ3) is 4.93. The highest BCUT2D eigenvalue weighted by molar-refractivity contribution is 6.01. The average Bonchev–Trinajstić information content (AvgIpc) is 3.21. The second-order valence-corrected chi connectivity index (χ2v) is 8.41. The topological polar surface area (TPSA) is 127 Å². The van der Waals surface area contributed by atoms with Crippen molar-refractivity contribution in [3.05, 3.63) is 98.9 Å². The van der Waals surface area contributed by atoms with Gasteiger partial charge in [0.2, 0.25) is 5.95 Å². The van der Waals surface area contributed by atoms with Gasteiger partial charge in [0.15, 0.2) is 0 Å². The van der Waals surface area contributed by atoms with Crippen LogP contribution in [-0.2, 0) is 6.54 Å². The van der Waals surface area contributed by atoms with Gasteiger partial charge in [0.1, 0.15) is 11.1 Å². The van der Waals surface area contributed by atoms with Gasteiger partial charge < -0.3 is 20.0 Å². The van der Waals surface area contributed by atoms with E-state index in [1.165, 1.54) is 0 Å². The molecule has 0 fully saturated rings. The monoisotopic (exact) mass is 493 g/mol. The van der Waals surface area contributed by atoms with Crippen molar-refractivity contribution in [2.75, 3.05) is 5.32 Å². The molecule has 1 amide bonds. The van der Waals surface area contributed by atoms with Crippen LogP contribution >= 0.6 is 0 Å². The van der Waals surface area contributed by atoms with Crippen LogP contribution in [0.15, 0.2) is 69.9 Å². The molecule has 0 aliphatic carbocycles. The Morgan fingerprint density at radius 2 is 1.76 bits per heavy atom. The number of imidazole rings is 1. The molecule has 2 aromatic heterocycles. The first-order valence-corrected chi connectivity index (χ1v) is 11.9. The Hall–Kier alpha value is -4.90. The number of aryl methyl sites for hydroxylation is 2. The molecule has 0 aliphatic rings. The van der Waals surface area contributed by atoms with Gasteiger partial charge in [0.05, 0.1) is 29.2 Å². The first-order chi connectivity index (χ1) is 17.8. The Morgan fingerprint density at radius 3 is 2.38 bits per heavy atom. The number of carbonyl (C=O) groups excluding carboxylic acids is 1. The van der Waals surface area contributed by atoms with Gasteiger partial charge in [-0.05, 0) is 55.3 Å². The summed E-state index contributed by atoms with van der Waals surface area (Å²) >= 11 is 0. The summed E-state index contributed by atoms with van der Waals surface area (Å²) in [5.41, 5.74) is 10.3. The summed E-state index contributed by atoms with van der Waals surface area (Å²) in [6.07, 6.45) is 0. The first kappa shape index (κ1) is 25.2. The highest BCUT2D eigenvalue weighted by atomic mass is 16.4. The highest BCUT2D eigenvalue weighted by Gasteiger charge is 2.19. The van der Waals surface area contributed by atoms with Gasteiger partial charge in [-0.25, -0.2) is 9.78 Å². The Kier molecular flexibility index (Phi) is 7.07. The molecule has 0 bridgehead atoms. The molecular weight excluding hydrogens is 466 g/mol. The Morgan fingerprint density at radius 1 is 1.08 bits per heavy atom. The van der Waals surface area contributed by atoms with Crippen molar-refractivity contribution in [1.82, 2.24) is 9.55 Å². The Labute approximate surface area is 214 Å². The minimum atomic E-state index is -0.827. The van der Waals surface area contributed by atoms with Crippen LogP contribution in [0.25, 0.3) is 22.0 Å². The summed E-state index contributed by atoms with van der Waals surface area (Å²) in [5.74, 6) is -0.248. The molecule has 0 unspecified atom stereocenters. The quantitative estimate of drug-likeness (QED) is 0.309. The summed E-state index contributed by atoms with van der Waals surface area (Å²) in [4.78, 5) is 29.0. The molecule has 37 heavy (non-hydrogen) atoms. The number of fused-ring (bicyclic) bond motifs is 2. The maximum absolute atomic E-state index is 12.4. The number of aromatic nitrogens is 2. The van der Waals surface area contributed by atoms with Crippen LogP contribution in [0.5, 0.6) is 0 Å². The predicted octanol–water partition coefficient (Wildman–Crippen LogP) is 5.55. The minimum Gasteiger partial charge on any atom is -0.422 e. The van der Waals surface area contributed by atoms with Crippen LogP contribution in [0.3, 0.4) is 0 Å². The van der Waals surface area contributed by atoms with Crippen molar-refractivity contribution < 1.29 is 9.21 Å². The van der Waals surface area contributed by atoms with Crippen LogP contribution in [0, 0.1) is 25.2 Å². The number of anilines is 2. The second-order valence-electron chi connectivity index (χ2n) is 8.41. The fourth-order valence-corrected chi connectivity index (χ4v) is 4.14. The number of amides is 1. The zero-order valence-corrected chi connectivity index (χ0v) is 21.1. The maximum Gasteiger partial charge on any atom is 0.349 e. The lowest BCUT2D eigenvalue weighted by Gasteiger charge is -2.12. The lowest BCUT2D eigenvalue weighted by Crippen LogP contribution is -2.22. The van der Waals surface area contributed by atoms with Gasteiger partial charge in [-0.15, -0.1) is 0 Å². The van der Waals surface area contributed by atoms with E-state index in [1.807, 2.05) is 49.6 Å². The number of nitrogens with two attached hydrogens (primary N) is 1. The third-order valence-electron chi connectivity index (χ3n) is 6.01. The van der Waals surface area contributed by atoms with E-state index in [-0.39, 0.29) is 5.56 Å². The molecular formula is C29H27N5O3. The molecule has 3 N–H and O–H groups in total. The largest absolute Gasteiger partial charge is 0.422 e. The van der Waals surface area contributed by atoms with E-state index in [0.29, 0.717) is 40.1 Å². The number of nitriles is 1. The minimum absolute atomic E-state index is 0.160. The van der Waals surface area contributed by atoms with Gasteiger partial charge in [0, 0.05) is 17.1 Å². The summed E-state index contributed by atoms with van der Waals surface area (Å²) < 4.78 is 7.46. The fraction of sp³-hybridized carbons (Fsp3) is 0.172. The highest BCUT2D eigenvalue weighted by Crippen LogP contribution is 2.30. The zero-order chi connectivity index (χ0) is 26.7. The number of benzene rings is 3. The van der Waals surface area contributed by atoms with Gasteiger partial charge in [-0.2, -0.15) is 5.26 Å². The molecule has 8 nitrogen and oxygen atoms in total. The standard InChI is InChI=1S/C27H21N5O3.C2H6/c1-15-3-5-18(6-4-15)14-32-22-12-23-20(16(2)24(25(29)33)26(34)35-23)11-21(22)31-27(32)30-19-9-7-17(13-28)8-10-19;1-2/h3-12H,14H2,1-2H3,(H2,29,33)(H,30,31);1-2H3. The summed E-state index contributed by atoms with van der Waals surface area (Å²) in [6.45, 7) is 8.22. The molecule has 0 atom stereocenters. The van der Waals surface area contributed by atoms with E-state index in [2.05, 4.69) is 23.5 Å².